The predicted molar refractivity (Wildman–Crippen MR) is 67.1 cm³/mol. The van der Waals surface area contributed by atoms with Crippen molar-refractivity contribution < 1.29 is 4.39 Å². The van der Waals surface area contributed by atoms with Crippen molar-refractivity contribution in [2.24, 2.45) is 0 Å². The standard InChI is InChI=1S/C11H10Cl2FN3/c12-9-6-8(7-10(13)11(9)14)15-3-5-17-4-1-2-16-17/h1-2,4,6-7,15H,3,5H2. The van der Waals surface area contributed by atoms with Gasteiger partial charge in [-0.3, -0.25) is 4.68 Å². The van der Waals surface area contributed by atoms with E-state index in [2.05, 4.69) is 10.4 Å². The molecule has 0 unspecified atom stereocenters. The van der Waals surface area contributed by atoms with Gasteiger partial charge in [-0.1, -0.05) is 23.2 Å². The van der Waals surface area contributed by atoms with E-state index in [1.54, 1.807) is 10.9 Å². The van der Waals surface area contributed by atoms with E-state index in [1.807, 2.05) is 12.3 Å². The summed E-state index contributed by atoms with van der Waals surface area (Å²) in [4.78, 5) is 0. The second-order valence-corrected chi connectivity index (χ2v) is 4.26. The number of aromatic nitrogens is 2. The summed E-state index contributed by atoms with van der Waals surface area (Å²) in [6.07, 6.45) is 3.58. The van der Waals surface area contributed by atoms with Gasteiger partial charge in [0.1, 0.15) is 0 Å². The molecule has 6 heteroatoms. The molecule has 2 rings (SSSR count). The Kier molecular flexibility index (Phi) is 3.86. The monoisotopic (exact) mass is 273 g/mol. The molecule has 1 aromatic carbocycles. The molecule has 0 aliphatic heterocycles. The first-order chi connectivity index (χ1) is 8.16. The van der Waals surface area contributed by atoms with Crippen molar-refractivity contribution in [1.82, 2.24) is 9.78 Å². The SMILES string of the molecule is Fc1c(Cl)cc(NCCn2cccn2)cc1Cl. The van der Waals surface area contributed by atoms with Crippen LogP contribution in [-0.4, -0.2) is 16.3 Å². The smallest absolute Gasteiger partial charge is 0.160 e. The Balaban J connectivity index is 1.95. The first kappa shape index (κ1) is 12.2. The molecular formula is C11H10Cl2FN3. The molecule has 17 heavy (non-hydrogen) atoms. The summed E-state index contributed by atoms with van der Waals surface area (Å²) in [5.41, 5.74) is 0.688. The van der Waals surface area contributed by atoms with Gasteiger partial charge >= 0.3 is 0 Å². The molecule has 0 bridgehead atoms. The number of anilines is 1. The molecule has 0 saturated heterocycles. The molecule has 0 aliphatic rings. The number of nitrogens with one attached hydrogen (secondary N) is 1. The Bertz CT molecular complexity index is 476. The normalized spacial score (nSPS) is 10.5. The number of halogens is 3. The lowest BCUT2D eigenvalue weighted by Crippen LogP contribution is -2.10. The zero-order valence-corrected chi connectivity index (χ0v) is 10.3. The van der Waals surface area contributed by atoms with E-state index >= 15 is 0 Å². The third-order valence-electron chi connectivity index (χ3n) is 2.21. The fraction of sp³-hybridized carbons (Fsp3) is 0.182. The topological polar surface area (TPSA) is 29.9 Å². The number of benzene rings is 1. The molecule has 0 fully saturated rings. The van der Waals surface area contributed by atoms with Crippen molar-refractivity contribution in [2.75, 3.05) is 11.9 Å². The summed E-state index contributed by atoms with van der Waals surface area (Å²) in [5.74, 6) is -0.592. The molecule has 90 valence electrons. The van der Waals surface area contributed by atoms with Crippen molar-refractivity contribution >= 4 is 28.9 Å². The van der Waals surface area contributed by atoms with Crippen molar-refractivity contribution in [1.29, 1.82) is 0 Å². The fourth-order valence-electron chi connectivity index (χ4n) is 1.41. The summed E-state index contributed by atoms with van der Waals surface area (Å²) in [5, 5.41) is 7.18. The van der Waals surface area contributed by atoms with E-state index in [1.165, 1.54) is 12.1 Å². The number of hydrogen-bond donors (Lipinski definition) is 1. The minimum atomic E-state index is -0.592. The van der Waals surface area contributed by atoms with Crippen LogP contribution < -0.4 is 5.32 Å². The zero-order chi connectivity index (χ0) is 12.3. The lowest BCUT2D eigenvalue weighted by atomic mass is 10.3. The fourth-order valence-corrected chi connectivity index (χ4v) is 1.89. The van der Waals surface area contributed by atoms with Gasteiger partial charge in [0.2, 0.25) is 0 Å². The summed E-state index contributed by atoms with van der Waals surface area (Å²) < 4.78 is 14.9. The van der Waals surface area contributed by atoms with Crippen LogP contribution >= 0.6 is 23.2 Å². The van der Waals surface area contributed by atoms with Gasteiger partial charge in [-0.2, -0.15) is 5.10 Å². The average molecular weight is 274 g/mol. The van der Waals surface area contributed by atoms with Crippen LogP contribution in [0.5, 0.6) is 0 Å². The number of nitrogens with zero attached hydrogens (tertiary/aromatic N) is 2. The molecule has 3 nitrogen and oxygen atoms in total. The minimum Gasteiger partial charge on any atom is -0.383 e. The third kappa shape index (κ3) is 3.11. The highest BCUT2D eigenvalue weighted by Gasteiger charge is 2.06. The maximum Gasteiger partial charge on any atom is 0.160 e. The third-order valence-corrected chi connectivity index (χ3v) is 2.76. The molecule has 1 heterocycles. The summed E-state index contributed by atoms with van der Waals surface area (Å²) in [6.45, 7) is 1.36. The quantitative estimate of drug-likeness (QED) is 0.865. The zero-order valence-electron chi connectivity index (χ0n) is 8.83. The number of rotatable bonds is 4. The highest BCUT2D eigenvalue weighted by Crippen LogP contribution is 2.27. The van der Waals surface area contributed by atoms with Gasteiger partial charge < -0.3 is 5.32 Å². The van der Waals surface area contributed by atoms with Crippen molar-refractivity contribution in [2.45, 2.75) is 6.54 Å². The van der Waals surface area contributed by atoms with Gasteiger partial charge in [0.25, 0.3) is 0 Å². The minimum absolute atomic E-state index is 0.0130. The van der Waals surface area contributed by atoms with Crippen LogP contribution in [0.4, 0.5) is 10.1 Å². The van der Waals surface area contributed by atoms with Crippen molar-refractivity contribution in [3.8, 4) is 0 Å². The van der Waals surface area contributed by atoms with E-state index in [0.29, 0.717) is 18.8 Å². The Morgan fingerprint density at radius 2 is 2.00 bits per heavy atom. The van der Waals surface area contributed by atoms with E-state index in [-0.39, 0.29) is 10.0 Å². The van der Waals surface area contributed by atoms with Gasteiger partial charge in [0, 0.05) is 24.6 Å². The molecule has 1 N–H and O–H groups in total. The second kappa shape index (κ2) is 5.38. The van der Waals surface area contributed by atoms with Gasteiger partial charge in [0.05, 0.1) is 16.6 Å². The first-order valence-electron chi connectivity index (χ1n) is 5.02. The van der Waals surface area contributed by atoms with Crippen LogP contribution in [0.1, 0.15) is 0 Å². The van der Waals surface area contributed by atoms with Crippen LogP contribution in [0, 0.1) is 5.82 Å². The summed E-state index contributed by atoms with van der Waals surface area (Å²) >= 11 is 11.4. The van der Waals surface area contributed by atoms with Crippen LogP contribution in [0.2, 0.25) is 10.0 Å². The maximum absolute atomic E-state index is 13.2. The lowest BCUT2D eigenvalue weighted by molar-refractivity contribution is 0.627. The molecule has 0 aliphatic carbocycles. The Labute approximate surface area is 108 Å². The lowest BCUT2D eigenvalue weighted by Gasteiger charge is -2.08. The second-order valence-electron chi connectivity index (χ2n) is 3.45. The highest BCUT2D eigenvalue weighted by atomic mass is 35.5. The highest BCUT2D eigenvalue weighted by molar-refractivity contribution is 6.35. The molecule has 2 aromatic rings. The summed E-state index contributed by atoms with van der Waals surface area (Å²) in [7, 11) is 0. The van der Waals surface area contributed by atoms with Crippen LogP contribution in [0.3, 0.4) is 0 Å². The molecular weight excluding hydrogens is 264 g/mol. The Hall–Kier alpha value is -1.26. The van der Waals surface area contributed by atoms with Gasteiger partial charge in [-0.25, -0.2) is 4.39 Å². The molecule has 1 aromatic heterocycles. The molecule has 0 amide bonds. The van der Waals surface area contributed by atoms with Crippen molar-refractivity contribution in [3.63, 3.8) is 0 Å². The van der Waals surface area contributed by atoms with E-state index < -0.39 is 5.82 Å². The van der Waals surface area contributed by atoms with Crippen LogP contribution in [0.15, 0.2) is 30.6 Å². The van der Waals surface area contributed by atoms with E-state index in [9.17, 15) is 4.39 Å². The van der Waals surface area contributed by atoms with Crippen LogP contribution in [-0.2, 0) is 6.54 Å². The Morgan fingerprint density at radius 1 is 1.29 bits per heavy atom. The molecule has 0 atom stereocenters. The maximum atomic E-state index is 13.2. The number of hydrogen-bond acceptors (Lipinski definition) is 2. The van der Waals surface area contributed by atoms with Gasteiger partial charge in [0.15, 0.2) is 5.82 Å². The molecule has 0 saturated carbocycles. The average Bonchev–Trinajstić information content (AvgIpc) is 2.79. The van der Waals surface area contributed by atoms with Gasteiger partial charge in [-0.15, -0.1) is 0 Å². The largest absolute Gasteiger partial charge is 0.383 e. The summed E-state index contributed by atoms with van der Waals surface area (Å²) in [6, 6.07) is 4.86. The van der Waals surface area contributed by atoms with E-state index in [0.717, 1.165) is 0 Å². The van der Waals surface area contributed by atoms with Gasteiger partial charge in [-0.05, 0) is 18.2 Å². The Morgan fingerprint density at radius 3 is 2.59 bits per heavy atom. The molecule has 0 spiro atoms. The van der Waals surface area contributed by atoms with Crippen molar-refractivity contribution in [3.05, 3.63) is 46.5 Å². The molecule has 0 radical (unpaired) electrons. The first-order valence-corrected chi connectivity index (χ1v) is 5.78. The van der Waals surface area contributed by atoms with E-state index in [4.69, 9.17) is 23.2 Å². The van der Waals surface area contributed by atoms with Crippen LogP contribution in [0.25, 0.3) is 0 Å². The predicted octanol–water partition coefficient (Wildman–Crippen LogP) is 3.44.